The number of sulfonamides is 1. The largest absolute Gasteiger partial charge is 0.352 e. The Morgan fingerprint density at radius 3 is 2.50 bits per heavy atom. The van der Waals surface area contributed by atoms with Crippen LogP contribution < -0.4 is 11.1 Å². The lowest BCUT2D eigenvalue weighted by Gasteiger charge is -2.32. The van der Waals surface area contributed by atoms with Crippen LogP contribution >= 0.6 is 24.2 Å². The van der Waals surface area contributed by atoms with Gasteiger partial charge in [0.2, 0.25) is 15.9 Å². The van der Waals surface area contributed by atoms with Crippen molar-refractivity contribution >= 4 is 40.1 Å². The fourth-order valence-corrected chi connectivity index (χ4v) is 4.89. The van der Waals surface area contributed by atoms with Crippen molar-refractivity contribution in [3.63, 3.8) is 0 Å². The van der Waals surface area contributed by atoms with Gasteiger partial charge in [-0.15, -0.1) is 12.4 Å². The van der Waals surface area contributed by atoms with Crippen LogP contribution in [0.1, 0.15) is 24.8 Å². The van der Waals surface area contributed by atoms with E-state index >= 15 is 0 Å². The van der Waals surface area contributed by atoms with Crippen LogP contribution in [0.25, 0.3) is 0 Å². The van der Waals surface area contributed by atoms with Crippen LogP contribution in [0.3, 0.4) is 0 Å². The molecule has 1 aliphatic rings. The van der Waals surface area contributed by atoms with Crippen LogP contribution in [0.15, 0.2) is 30.3 Å². The predicted molar refractivity (Wildman–Crippen MR) is 110 cm³/mol. The molecule has 0 aliphatic carbocycles. The summed E-state index contributed by atoms with van der Waals surface area (Å²) in [6.45, 7) is 0.861. The molecule has 0 radical (unpaired) electrons. The van der Waals surface area contributed by atoms with Crippen LogP contribution in [-0.2, 0) is 20.6 Å². The van der Waals surface area contributed by atoms with Crippen molar-refractivity contribution in [2.24, 2.45) is 5.73 Å². The van der Waals surface area contributed by atoms with Crippen LogP contribution in [0.2, 0.25) is 0 Å². The highest BCUT2D eigenvalue weighted by Crippen LogP contribution is 2.18. The van der Waals surface area contributed by atoms with Gasteiger partial charge in [-0.05, 0) is 36.8 Å². The van der Waals surface area contributed by atoms with Gasteiger partial charge < -0.3 is 11.1 Å². The summed E-state index contributed by atoms with van der Waals surface area (Å²) in [4.78, 5) is 12.1. The number of nitrogens with one attached hydrogen (secondary N) is 1. The van der Waals surface area contributed by atoms with E-state index in [9.17, 15) is 13.2 Å². The number of thioether (sulfide) groups is 1. The monoisotopic (exact) mass is 421 g/mol. The Hall–Kier alpha value is -0.800. The van der Waals surface area contributed by atoms with Crippen LogP contribution in [0, 0.1) is 0 Å². The minimum Gasteiger partial charge on any atom is -0.352 e. The van der Waals surface area contributed by atoms with E-state index in [1.54, 1.807) is 11.8 Å². The maximum atomic E-state index is 12.5. The van der Waals surface area contributed by atoms with E-state index in [1.807, 2.05) is 36.6 Å². The number of carbonyl (C=O) groups excluding carboxylic acids is 1. The first-order chi connectivity index (χ1) is 11.9. The molecule has 0 spiro atoms. The molecule has 0 unspecified atom stereocenters. The Labute approximate surface area is 166 Å². The second-order valence-electron chi connectivity index (χ2n) is 6.31. The standard InChI is InChI=1S/C17H27N3O3S2.ClH/c1-24-12-9-16(18)17(21)19-15-7-10-20(11-8-15)25(22,23)13-14-5-3-2-4-6-14;/h2-6,15-16H,7-13,18H2,1H3,(H,19,21);1H/t16-;/m0./s1. The molecule has 1 aromatic rings. The number of carbonyl (C=O) groups is 1. The SMILES string of the molecule is CSCC[C@H](N)C(=O)NC1CCN(S(=O)(=O)Cc2ccccc2)CC1.Cl. The van der Waals surface area contributed by atoms with Gasteiger partial charge in [0.15, 0.2) is 0 Å². The van der Waals surface area contributed by atoms with Crippen molar-refractivity contribution in [3.05, 3.63) is 35.9 Å². The number of amides is 1. The number of benzene rings is 1. The summed E-state index contributed by atoms with van der Waals surface area (Å²) in [7, 11) is -3.32. The average molecular weight is 422 g/mol. The zero-order chi connectivity index (χ0) is 18.3. The molecule has 6 nitrogen and oxygen atoms in total. The molecule has 1 amide bonds. The summed E-state index contributed by atoms with van der Waals surface area (Å²) < 4.78 is 26.6. The number of nitrogens with two attached hydrogens (primary N) is 1. The fourth-order valence-electron chi connectivity index (χ4n) is 2.84. The van der Waals surface area contributed by atoms with E-state index in [1.165, 1.54) is 4.31 Å². The number of halogens is 1. The van der Waals surface area contributed by atoms with Crippen LogP contribution in [-0.4, -0.2) is 55.8 Å². The van der Waals surface area contributed by atoms with Gasteiger partial charge in [0, 0.05) is 19.1 Å². The maximum Gasteiger partial charge on any atom is 0.237 e. The van der Waals surface area contributed by atoms with Crippen molar-refractivity contribution in [2.75, 3.05) is 25.1 Å². The molecule has 9 heteroatoms. The fraction of sp³-hybridized carbons (Fsp3) is 0.588. The van der Waals surface area contributed by atoms with Gasteiger partial charge in [-0.25, -0.2) is 12.7 Å². The Kier molecular flexibility index (Phi) is 9.95. The molecule has 1 saturated heterocycles. The predicted octanol–water partition coefficient (Wildman–Crippen LogP) is 1.60. The van der Waals surface area contributed by atoms with Gasteiger partial charge in [-0.3, -0.25) is 4.79 Å². The van der Waals surface area contributed by atoms with Crippen LogP contribution in [0.5, 0.6) is 0 Å². The highest BCUT2D eigenvalue weighted by Gasteiger charge is 2.29. The zero-order valence-corrected chi connectivity index (χ0v) is 17.4. The Balaban J connectivity index is 0.00000338. The number of rotatable bonds is 8. The number of hydrogen-bond acceptors (Lipinski definition) is 5. The van der Waals surface area contributed by atoms with E-state index in [4.69, 9.17) is 5.73 Å². The molecule has 26 heavy (non-hydrogen) atoms. The molecule has 0 aromatic heterocycles. The lowest BCUT2D eigenvalue weighted by Crippen LogP contribution is -2.50. The normalized spacial score (nSPS) is 17.3. The van der Waals surface area contributed by atoms with E-state index < -0.39 is 16.1 Å². The third-order valence-electron chi connectivity index (χ3n) is 4.36. The topological polar surface area (TPSA) is 92.5 Å². The maximum absolute atomic E-state index is 12.5. The van der Waals surface area contributed by atoms with Gasteiger partial charge in [-0.2, -0.15) is 11.8 Å². The highest BCUT2D eigenvalue weighted by molar-refractivity contribution is 7.98. The smallest absolute Gasteiger partial charge is 0.237 e. The van der Waals surface area contributed by atoms with Gasteiger partial charge in [0.1, 0.15) is 0 Å². The van der Waals surface area contributed by atoms with Gasteiger partial charge >= 0.3 is 0 Å². The van der Waals surface area contributed by atoms with Gasteiger partial charge in [0.25, 0.3) is 0 Å². The molecule has 1 aliphatic heterocycles. The van der Waals surface area contributed by atoms with Crippen molar-refractivity contribution in [1.82, 2.24) is 9.62 Å². The van der Waals surface area contributed by atoms with Gasteiger partial charge in [-0.1, -0.05) is 30.3 Å². The molecule has 1 fully saturated rings. The summed E-state index contributed by atoms with van der Waals surface area (Å²) in [6.07, 6.45) is 3.87. The quantitative estimate of drug-likeness (QED) is 0.665. The van der Waals surface area contributed by atoms with E-state index in [-0.39, 0.29) is 30.1 Å². The lowest BCUT2D eigenvalue weighted by molar-refractivity contribution is -0.123. The van der Waals surface area contributed by atoms with E-state index in [0.717, 1.165) is 11.3 Å². The van der Waals surface area contributed by atoms with Crippen molar-refractivity contribution in [1.29, 1.82) is 0 Å². The average Bonchev–Trinajstić information content (AvgIpc) is 2.60. The summed E-state index contributed by atoms with van der Waals surface area (Å²) in [5, 5.41) is 2.95. The summed E-state index contributed by atoms with van der Waals surface area (Å²) in [5.74, 6) is 0.731. The molecule has 0 saturated carbocycles. The van der Waals surface area contributed by atoms with Crippen molar-refractivity contribution in [3.8, 4) is 0 Å². The number of hydrogen-bond donors (Lipinski definition) is 2. The molecular weight excluding hydrogens is 394 g/mol. The third-order valence-corrected chi connectivity index (χ3v) is 6.85. The molecule has 148 valence electrons. The second kappa shape index (κ2) is 11.1. The minimum atomic E-state index is -3.32. The van der Waals surface area contributed by atoms with Crippen molar-refractivity contribution < 1.29 is 13.2 Å². The molecule has 3 N–H and O–H groups in total. The Morgan fingerprint density at radius 2 is 1.92 bits per heavy atom. The first-order valence-corrected chi connectivity index (χ1v) is 11.5. The lowest BCUT2D eigenvalue weighted by atomic mass is 10.1. The van der Waals surface area contributed by atoms with Crippen LogP contribution in [0.4, 0.5) is 0 Å². The summed E-state index contributed by atoms with van der Waals surface area (Å²) in [5.41, 5.74) is 6.66. The molecule has 1 atom stereocenters. The number of nitrogens with zero attached hydrogens (tertiary/aromatic N) is 1. The zero-order valence-electron chi connectivity index (χ0n) is 15.0. The summed E-state index contributed by atoms with van der Waals surface area (Å²) >= 11 is 1.66. The minimum absolute atomic E-state index is 0. The second-order valence-corrected chi connectivity index (χ2v) is 9.27. The first-order valence-electron chi connectivity index (χ1n) is 8.49. The Bertz CT molecular complexity index is 650. The third kappa shape index (κ3) is 7.08. The summed E-state index contributed by atoms with van der Waals surface area (Å²) in [6, 6.07) is 8.69. The molecule has 1 heterocycles. The highest BCUT2D eigenvalue weighted by atomic mass is 35.5. The molecule has 1 aromatic carbocycles. The van der Waals surface area contributed by atoms with Gasteiger partial charge in [0.05, 0.1) is 11.8 Å². The molecular formula is C17H28ClN3O3S2. The first kappa shape index (κ1) is 23.2. The Morgan fingerprint density at radius 1 is 1.31 bits per heavy atom. The number of piperidine rings is 1. The van der Waals surface area contributed by atoms with E-state index in [2.05, 4.69) is 5.32 Å². The van der Waals surface area contributed by atoms with Crippen molar-refractivity contribution in [2.45, 2.75) is 37.1 Å². The molecule has 2 rings (SSSR count). The van der Waals surface area contributed by atoms with E-state index in [0.29, 0.717) is 32.4 Å². The molecule has 0 bridgehead atoms.